The Morgan fingerprint density at radius 2 is 2.20 bits per heavy atom. The van der Waals surface area contributed by atoms with E-state index in [0.29, 0.717) is 6.54 Å². The fourth-order valence-electron chi connectivity index (χ4n) is 1.41. The van der Waals surface area contributed by atoms with Crippen molar-refractivity contribution in [3.63, 3.8) is 0 Å². The van der Waals surface area contributed by atoms with Crippen molar-refractivity contribution in [1.82, 2.24) is 5.32 Å². The van der Waals surface area contributed by atoms with E-state index < -0.39 is 12.1 Å². The molecule has 0 saturated heterocycles. The van der Waals surface area contributed by atoms with Gasteiger partial charge in [-0.15, -0.1) is 0 Å². The molecule has 2 unspecified atom stereocenters. The van der Waals surface area contributed by atoms with Crippen molar-refractivity contribution in [3.05, 3.63) is 11.9 Å². The van der Waals surface area contributed by atoms with Crippen LogP contribution >= 0.6 is 0 Å². The molecule has 4 heteroatoms. The second-order valence-corrected chi connectivity index (χ2v) is 3.52. The summed E-state index contributed by atoms with van der Waals surface area (Å²) in [5.74, 6) is -0.701. The van der Waals surface area contributed by atoms with Crippen LogP contribution in [0.3, 0.4) is 0 Å². The van der Waals surface area contributed by atoms with Crippen LogP contribution in [0.25, 0.3) is 0 Å². The summed E-state index contributed by atoms with van der Waals surface area (Å²) < 4.78 is 26.5. The van der Waals surface area contributed by atoms with Gasteiger partial charge in [0.25, 0.3) is 0 Å². The van der Waals surface area contributed by atoms with Crippen molar-refractivity contribution in [3.8, 4) is 0 Å². The van der Waals surface area contributed by atoms with E-state index >= 15 is 0 Å². The van der Waals surface area contributed by atoms with Crippen molar-refractivity contribution in [2.75, 3.05) is 19.7 Å². The summed E-state index contributed by atoms with van der Waals surface area (Å²) >= 11 is 0. The second-order valence-electron chi connectivity index (χ2n) is 3.52. The molecule has 0 aromatic rings. The maximum atomic E-state index is 13.3. The predicted octanol–water partition coefficient (Wildman–Crippen LogP) is 2.20. The van der Waals surface area contributed by atoms with Crippen molar-refractivity contribution >= 4 is 0 Å². The molecule has 90 valence electrons. The molecule has 0 heterocycles. The molecule has 0 aromatic carbocycles. The summed E-state index contributed by atoms with van der Waals surface area (Å²) in [6.07, 6.45) is 0.446. The van der Waals surface area contributed by atoms with Crippen LogP contribution in [-0.4, -0.2) is 31.0 Å². The van der Waals surface area contributed by atoms with Crippen molar-refractivity contribution in [2.45, 2.75) is 32.9 Å². The Morgan fingerprint density at radius 1 is 1.53 bits per heavy atom. The van der Waals surface area contributed by atoms with Crippen LogP contribution in [0.2, 0.25) is 0 Å². The molecular weight excluding hydrogens is 200 g/mol. The van der Waals surface area contributed by atoms with Crippen molar-refractivity contribution in [1.29, 1.82) is 0 Å². The van der Waals surface area contributed by atoms with Crippen LogP contribution < -0.4 is 5.32 Å². The maximum absolute atomic E-state index is 13.3. The Labute approximate surface area is 90.4 Å². The highest BCUT2D eigenvalue weighted by molar-refractivity contribution is 4.97. The van der Waals surface area contributed by atoms with Gasteiger partial charge in [-0.3, -0.25) is 0 Å². The van der Waals surface area contributed by atoms with Gasteiger partial charge in [-0.05, 0) is 19.9 Å². The summed E-state index contributed by atoms with van der Waals surface area (Å²) in [5, 5.41) is 11.6. The Balaban J connectivity index is 4.11. The molecule has 0 aliphatic carbocycles. The summed E-state index contributed by atoms with van der Waals surface area (Å²) in [7, 11) is 0. The molecule has 2 N–H and O–H groups in total. The molecule has 0 amide bonds. The van der Waals surface area contributed by atoms with E-state index in [1.165, 1.54) is 6.08 Å². The van der Waals surface area contributed by atoms with Crippen LogP contribution in [0.1, 0.15) is 26.7 Å². The Morgan fingerprint density at radius 3 is 2.67 bits per heavy atom. The Kier molecular flexibility index (Phi) is 8.52. The van der Waals surface area contributed by atoms with E-state index in [1.54, 1.807) is 6.92 Å². The third-order valence-corrected chi connectivity index (χ3v) is 2.29. The summed E-state index contributed by atoms with van der Waals surface area (Å²) in [5.41, 5.74) is 0. The average Bonchev–Trinajstić information content (AvgIpc) is 2.23. The first-order valence-corrected chi connectivity index (χ1v) is 5.43. The number of hydrogen-bond acceptors (Lipinski definition) is 2. The van der Waals surface area contributed by atoms with Crippen LogP contribution in [-0.2, 0) is 0 Å². The number of alkyl halides is 1. The molecule has 0 bridgehead atoms. The van der Waals surface area contributed by atoms with Crippen LogP contribution in [0, 0.1) is 5.92 Å². The molecular formula is C11H21F2NO. The normalized spacial score (nSPS) is 16.5. The van der Waals surface area contributed by atoms with Gasteiger partial charge in [0.15, 0.2) is 0 Å². The first kappa shape index (κ1) is 14.5. The smallest absolute Gasteiger partial charge is 0.103 e. The molecule has 2 atom stereocenters. The largest absolute Gasteiger partial charge is 0.396 e. The van der Waals surface area contributed by atoms with Crippen LogP contribution in [0.4, 0.5) is 8.78 Å². The Hall–Kier alpha value is -0.480. The van der Waals surface area contributed by atoms with Gasteiger partial charge >= 0.3 is 0 Å². The second kappa shape index (κ2) is 8.80. The molecule has 0 saturated carbocycles. The lowest BCUT2D eigenvalue weighted by atomic mass is 9.99. The average molecular weight is 221 g/mol. The molecule has 2 nitrogen and oxygen atoms in total. The quantitative estimate of drug-likeness (QED) is 0.658. The minimum atomic E-state index is -1.13. The lowest BCUT2D eigenvalue weighted by Crippen LogP contribution is -2.25. The third-order valence-electron chi connectivity index (χ3n) is 2.29. The van der Waals surface area contributed by atoms with Gasteiger partial charge in [-0.1, -0.05) is 13.0 Å². The van der Waals surface area contributed by atoms with Gasteiger partial charge in [0.05, 0.1) is 0 Å². The lowest BCUT2D eigenvalue weighted by Gasteiger charge is -2.17. The van der Waals surface area contributed by atoms with E-state index in [-0.39, 0.29) is 25.3 Å². The SMILES string of the molecule is CC=C(F)C(CNCC)CC(F)CCO. The standard InChI is InChI=1S/C11H21F2NO/c1-3-11(13)9(8-14-4-2)7-10(12)5-6-15/h3,9-10,14-15H,4-8H2,1-2H3. The molecule has 0 spiro atoms. The summed E-state index contributed by atoms with van der Waals surface area (Å²) in [6, 6.07) is 0. The molecule has 0 aliphatic heterocycles. The van der Waals surface area contributed by atoms with E-state index in [2.05, 4.69) is 5.32 Å². The van der Waals surface area contributed by atoms with Gasteiger partial charge in [0, 0.05) is 25.5 Å². The lowest BCUT2D eigenvalue weighted by molar-refractivity contribution is 0.194. The van der Waals surface area contributed by atoms with Gasteiger partial charge in [-0.25, -0.2) is 8.78 Å². The fraction of sp³-hybridized carbons (Fsp3) is 0.818. The van der Waals surface area contributed by atoms with E-state index in [0.717, 1.165) is 6.54 Å². The fourth-order valence-corrected chi connectivity index (χ4v) is 1.41. The number of aliphatic hydroxyl groups is 1. The number of aliphatic hydroxyl groups excluding tert-OH is 1. The molecule has 0 radical (unpaired) electrons. The maximum Gasteiger partial charge on any atom is 0.103 e. The Bertz CT molecular complexity index is 185. The minimum absolute atomic E-state index is 0.0830. The van der Waals surface area contributed by atoms with Crippen molar-refractivity contribution in [2.24, 2.45) is 5.92 Å². The zero-order valence-electron chi connectivity index (χ0n) is 9.47. The molecule has 0 fully saturated rings. The van der Waals surface area contributed by atoms with Crippen LogP contribution in [0.5, 0.6) is 0 Å². The molecule has 0 rings (SSSR count). The first-order chi connectivity index (χ1) is 7.15. The number of nitrogens with one attached hydrogen (secondary N) is 1. The zero-order chi connectivity index (χ0) is 11.7. The van der Waals surface area contributed by atoms with Gasteiger partial charge in [-0.2, -0.15) is 0 Å². The number of hydrogen-bond donors (Lipinski definition) is 2. The number of allylic oxidation sites excluding steroid dienone is 1. The predicted molar refractivity (Wildman–Crippen MR) is 58.1 cm³/mol. The highest BCUT2D eigenvalue weighted by atomic mass is 19.1. The third kappa shape index (κ3) is 6.57. The van der Waals surface area contributed by atoms with Gasteiger partial charge < -0.3 is 10.4 Å². The highest BCUT2D eigenvalue weighted by Crippen LogP contribution is 2.20. The monoisotopic (exact) mass is 221 g/mol. The molecule has 0 aromatic heterocycles. The molecule has 15 heavy (non-hydrogen) atoms. The zero-order valence-corrected chi connectivity index (χ0v) is 9.47. The topological polar surface area (TPSA) is 32.3 Å². The molecule has 0 aliphatic rings. The van der Waals surface area contributed by atoms with E-state index in [1.807, 2.05) is 6.92 Å². The minimum Gasteiger partial charge on any atom is -0.396 e. The van der Waals surface area contributed by atoms with Gasteiger partial charge in [0.2, 0.25) is 0 Å². The first-order valence-electron chi connectivity index (χ1n) is 5.43. The van der Waals surface area contributed by atoms with Gasteiger partial charge in [0.1, 0.15) is 12.0 Å². The summed E-state index contributed by atoms with van der Waals surface area (Å²) in [4.78, 5) is 0. The number of rotatable bonds is 8. The van der Waals surface area contributed by atoms with E-state index in [4.69, 9.17) is 5.11 Å². The van der Waals surface area contributed by atoms with Crippen LogP contribution in [0.15, 0.2) is 11.9 Å². The summed E-state index contributed by atoms with van der Waals surface area (Å²) in [6.45, 7) is 4.52. The number of halogens is 2. The highest BCUT2D eigenvalue weighted by Gasteiger charge is 2.18. The van der Waals surface area contributed by atoms with Crippen molar-refractivity contribution < 1.29 is 13.9 Å². The van der Waals surface area contributed by atoms with E-state index in [9.17, 15) is 8.78 Å².